The minimum absolute atomic E-state index is 0.000944. The predicted octanol–water partition coefficient (Wildman–Crippen LogP) is 4.42. The van der Waals surface area contributed by atoms with E-state index in [1.165, 1.54) is 6.08 Å². The molecule has 0 saturated heterocycles. The highest BCUT2D eigenvalue weighted by Crippen LogP contribution is 2.23. The first-order valence-corrected chi connectivity index (χ1v) is 8.40. The van der Waals surface area contributed by atoms with Crippen molar-refractivity contribution in [1.29, 1.82) is 5.26 Å². The van der Waals surface area contributed by atoms with Crippen LogP contribution in [0.15, 0.2) is 54.1 Å². The zero-order valence-electron chi connectivity index (χ0n) is 15.2. The summed E-state index contributed by atoms with van der Waals surface area (Å²) in [4.78, 5) is 12.4. The number of carbonyl (C=O) groups is 1. The molecule has 134 valence electrons. The maximum absolute atomic E-state index is 12.4. The molecular formula is C21H22N2O3. The van der Waals surface area contributed by atoms with Crippen molar-refractivity contribution in [1.82, 2.24) is 0 Å². The zero-order chi connectivity index (χ0) is 18.9. The van der Waals surface area contributed by atoms with Gasteiger partial charge in [0.1, 0.15) is 23.1 Å². The van der Waals surface area contributed by atoms with Crippen molar-refractivity contribution in [3.63, 3.8) is 0 Å². The average Bonchev–Trinajstić information content (AvgIpc) is 2.67. The van der Waals surface area contributed by atoms with Gasteiger partial charge in [0.05, 0.1) is 13.2 Å². The first-order chi connectivity index (χ1) is 12.6. The van der Waals surface area contributed by atoms with Gasteiger partial charge in [-0.25, -0.2) is 0 Å². The Balaban J connectivity index is 2.21. The number of ether oxygens (including phenoxy) is 2. The molecule has 0 fully saturated rings. The SMILES string of the molecule is CC[C@@H](C)Oc1ccccc1/C=C(\C#N)C(=O)Nc1ccc(OC)cc1. The molecule has 0 heterocycles. The lowest BCUT2D eigenvalue weighted by Gasteiger charge is -2.14. The molecule has 0 aromatic heterocycles. The molecule has 0 bridgehead atoms. The number of rotatable bonds is 7. The van der Waals surface area contributed by atoms with Crippen molar-refractivity contribution in [2.24, 2.45) is 0 Å². The van der Waals surface area contributed by atoms with Crippen LogP contribution in [0.1, 0.15) is 25.8 Å². The number of methoxy groups -OCH3 is 1. The number of nitrogens with zero attached hydrogens (tertiary/aromatic N) is 1. The third kappa shape index (κ3) is 5.12. The summed E-state index contributed by atoms with van der Waals surface area (Å²) in [5.74, 6) is 0.859. The van der Waals surface area contributed by atoms with Gasteiger partial charge in [-0.3, -0.25) is 4.79 Å². The van der Waals surface area contributed by atoms with Crippen LogP contribution in [0, 0.1) is 11.3 Å². The highest BCUT2D eigenvalue weighted by Gasteiger charge is 2.12. The maximum atomic E-state index is 12.4. The second-order valence-electron chi connectivity index (χ2n) is 5.73. The van der Waals surface area contributed by atoms with Crippen LogP contribution in [-0.4, -0.2) is 19.1 Å². The molecule has 0 radical (unpaired) electrons. The molecule has 0 spiro atoms. The summed E-state index contributed by atoms with van der Waals surface area (Å²) in [5.41, 5.74) is 1.27. The van der Waals surface area contributed by atoms with Crippen molar-refractivity contribution in [2.45, 2.75) is 26.4 Å². The summed E-state index contributed by atoms with van der Waals surface area (Å²) < 4.78 is 10.9. The number of hydrogen-bond donors (Lipinski definition) is 1. The van der Waals surface area contributed by atoms with Gasteiger partial charge >= 0.3 is 0 Å². The number of amides is 1. The quantitative estimate of drug-likeness (QED) is 0.593. The van der Waals surface area contributed by atoms with Crippen LogP contribution < -0.4 is 14.8 Å². The fraction of sp³-hybridized carbons (Fsp3) is 0.238. The van der Waals surface area contributed by atoms with Gasteiger partial charge in [0.25, 0.3) is 5.91 Å². The van der Waals surface area contributed by atoms with E-state index < -0.39 is 5.91 Å². The van der Waals surface area contributed by atoms with E-state index in [9.17, 15) is 10.1 Å². The number of benzene rings is 2. The summed E-state index contributed by atoms with van der Waals surface area (Å²) in [6, 6.07) is 16.2. The van der Waals surface area contributed by atoms with E-state index in [-0.39, 0.29) is 11.7 Å². The molecule has 0 aliphatic heterocycles. The van der Waals surface area contributed by atoms with Gasteiger partial charge in [-0.05, 0) is 49.8 Å². The molecule has 0 saturated carbocycles. The van der Waals surface area contributed by atoms with Gasteiger partial charge in [0.15, 0.2) is 0 Å². The van der Waals surface area contributed by atoms with Gasteiger partial charge in [0, 0.05) is 11.3 Å². The van der Waals surface area contributed by atoms with Crippen LogP contribution in [0.5, 0.6) is 11.5 Å². The molecule has 5 heteroatoms. The second-order valence-corrected chi connectivity index (χ2v) is 5.73. The third-order valence-corrected chi connectivity index (χ3v) is 3.83. The Kier molecular flexibility index (Phi) is 6.81. The zero-order valence-corrected chi connectivity index (χ0v) is 15.2. The Morgan fingerprint density at radius 1 is 1.23 bits per heavy atom. The molecule has 0 aliphatic rings. The van der Waals surface area contributed by atoms with Gasteiger partial charge in [-0.15, -0.1) is 0 Å². The van der Waals surface area contributed by atoms with Crippen LogP contribution in [-0.2, 0) is 4.79 Å². The van der Waals surface area contributed by atoms with Crippen LogP contribution in [0.25, 0.3) is 6.08 Å². The molecule has 2 rings (SSSR count). The lowest BCUT2D eigenvalue weighted by Crippen LogP contribution is -2.14. The van der Waals surface area contributed by atoms with Gasteiger partial charge in [0.2, 0.25) is 0 Å². The van der Waals surface area contributed by atoms with Crippen LogP contribution in [0.4, 0.5) is 5.69 Å². The highest BCUT2D eigenvalue weighted by atomic mass is 16.5. The monoisotopic (exact) mass is 350 g/mol. The van der Waals surface area contributed by atoms with Crippen molar-refractivity contribution in [3.8, 4) is 17.6 Å². The molecule has 1 amide bonds. The number of hydrogen-bond acceptors (Lipinski definition) is 4. The first-order valence-electron chi connectivity index (χ1n) is 8.40. The number of nitriles is 1. The number of nitrogens with one attached hydrogen (secondary N) is 1. The fourth-order valence-electron chi connectivity index (χ4n) is 2.18. The Bertz CT molecular complexity index is 820. The summed E-state index contributed by atoms with van der Waals surface area (Å²) >= 11 is 0. The maximum Gasteiger partial charge on any atom is 0.266 e. The smallest absolute Gasteiger partial charge is 0.266 e. The molecule has 2 aromatic carbocycles. The Labute approximate surface area is 153 Å². The number of carbonyl (C=O) groups excluding carboxylic acids is 1. The molecule has 26 heavy (non-hydrogen) atoms. The number of para-hydroxylation sites is 1. The third-order valence-electron chi connectivity index (χ3n) is 3.83. The molecular weight excluding hydrogens is 328 g/mol. The van der Waals surface area contributed by atoms with Crippen molar-refractivity contribution in [2.75, 3.05) is 12.4 Å². The molecule has 0 unspecified atom stereocenters. The Morgan fingerprint density at radius 2 is 1.92 bits per heavy atom. The largest absolute Gasteiger partial charge is 0.497 e. The van der Waals surface area contributed by atoms with Gasteiger partial charge in [-0.1, -0.05) is 25.1 Å². The van der Waals surface area contributed by atoms with E-state index in [0.29, 0.717) is 22.7 Å². The lowest BCUT2D eigenvalue weighted by molar-refractivity contribution is -0.112. The second kappa shape index (κ2) is 9.28. The minimum atomic E-state index is -0.476. The van der Waals surface area contributed by atoms with Crippen LogP contribution in [0.3, 0.4) is 0 Å². The molecule has 0 aliphatic carbocycles. The Hall–Kier alpha value is -3.26. The molecule has 1 atom stereocenters. The van der Waals surface area contributed by atoms with Crippen LogP contribution >= 0.6 is 0 Å². The van der Waals surface area contributed by atoms with E-state index in [4.69, 9.17) is 9.47 Å². The normalized spacial score (nSPS) is 12.0. The molecule has 5 nitrogen and oxygen atoms in total. The van der Waals surface area contributed by atoms with E-state index in [1.54, 1.807) is 31.4 Å². The number of anilines is 1. The highest BCUT2D eigenvalue weighted by molar-refractivity contribution is 6.09. The standard InChI is InChI=1S/C21H22N2O3/c1-4-15(2)26-20-8-6-5-7-16(20)13-17(14-22)21(24)23-18-9-11-19(25-3)12-10-18/h5-13,15H,4H2,1-3H3,(H,23,24)/b17-13+/t15-/m1/s1. The minimum Gasteiger partial charge on any atom is -0.497 e. The molecule has 2 aromatic rings. The predicted molar refractivity (Wildman–Crippen MR) is 102 cm³/mol. The van der Waals surface area contributed by atoms with E-state index in [2.05, 4.69) is 5.32 Å². The van der Waals surface area contributed by atoms with E-state index in [1.807, 2.05) is 44.2 Å². The van der Waals surface area contributed by atoms with E-state index in [0.717, 1.165) is 6.42 Å². The summed E-state index contributed by atoms with van der Waals surface area (Å²) in [6.07, 6.45) is 2.45. The summed E-state index contributed by atoms with van der Waals surface area (Å²) in [6.45, 7) is 4.01. The fourth-order valence-corrected chi connectivity index (χ4v) is 2.18. The first kappa shape index (κ1) is 19.1. The van der Waals surface area contributed by atoms with Crippen molar-refractivity contribution in [3.05, 3.63) is 59.7 Å². The molecule has 1 N–H and O–H groups in total. The topological polar surface area (TPSA) is 71.3 Å². The lowest BCUT2D eigenvalue weighted by atomic mass is 10.1. The van der Waals surface area contributed by atoms with Crippen molar-refractivity contribution < 1.29 is 14.3 Å². The summed E-state index contributed by atoms with van der Waals surface area (Å²) in [7, 11) is 1.57. The van der Waals surface area contributed by atoms with E-state index >= 15 is 0 Å². The summed E-state index contributed by atoms with van der Waals surface area (Å²) in [5, 5.41) is 12.1. The van der Waals surface area contributed by atoms with Gasteiger partial charge in [-0.2, -0.15) is 5.26 Å². The average molecular weight is 350 g/mol. The van der Waals surface area contributed by atoms with Crippen LogP contribution in [0.2, 0.25) is 0 Å². The Morgan fingerprint density at radius 3 is 2.54 bits per heavy atom. The van der Waals surface area contributed by atoms with Gasteiger partial charge < -0.3 is 14.8 Å². The van der Waals surface area contributed by atoms with Crippen molar-refractivity contribution >= 4 is 17.7 Å².